The number of nitrogens with zero attached hydrogens (tertiary/aromatic N) is 2. The van der Waals surface area contributed by atoms with Crippen molar-refractivity contribution in [2.24, 2.45) is 0 Å². The lowest BCUT2D eigenvalue weighted by Gasteiger charge is -2.18. The lowest BCUT2D eigenvalue weighted by molar-refractivity contribution is 1.27. The quantitative estimate of drug-likeness (QED) is 0.219. The highest BCUT2D eigenvalue weighted by atomic mass is 14.6. The molecule has 0 saturated heterocycles. The van der Waals surface area contributed by atoms with Crippen molar-refractivity contribution in [1.82, 2.24) is 9.97 Å². The average Bonchev–Trinajstić information content (AvgIpc) is 3.00. The van der Waals surface area contributed by atoms with Gasteiger partial charge in [0, 0.05) is 35.9 Å². The fourth-order valence-electron chi connectivity index (χ4n) is 5.96. The van der Waals surface area contributed by atoms with Crippen LogP contribution in [-0.2, 0) is 0 Å². The zero-order chi connectivity index (χ0) is 27.1. The Hall–Kier alpha value is -5.08. The van der Waals surface area contributed by atoms with Crippen LogP contribution in [0.5, 0.6) is 0 Å². The average molecular weight is 513 g/mol. The van der Waals surface area contributed by atoms with Crippen molar-refractivity contribution in [3.8, 4) is 44.5 Å². The van der Waals surface area contributed by atoms with Crippen molar-refractivity contribution >= 4 is 21.5 Å². The topological polar surface area (TPSA) is 25.8 Å². The minimum absolute atomic E-state index is 1.14. The van der Waals surface area contributed by atoms with Gasteiger partial charge in [-0.25, -0.2) is 0 Å². The fraction of sp³-hybridized carbons (Fsp3) is 0.0526. The van der Waals surface area contributed by atoms with Crippen LogP contribution in [0.4, 0.5) is 0 Å². The van der Waals surface area contributed by atoms with Gasteiger partial charge in [-0.05, 0) is 92.0 Å². The lowest BCUT2D eigenvalue weighted by atomic mass is 9.85. The van der Waals surface area contributed by atoms with E-state index in [0.717, 1.165) is 16.7 Å². The van der Waals surface area contributed by atoms with Crippen LogP contribution in [0.25, 0.3) is 66.1 Å². The summed E-state index contributed by atoms with van der Waals surface area (Å²) in [6.07, 6.45) is 7.58. The molecule has 0 bridgehead atoms. The highest BCUT2D eigenvalue weighted by Gasteiger charge is 2.17. The van der Waals surface area contributed by atoms with Crippen molar-refractivity contribution in [2.75, 3.05) is 0 Å². The van der Waals surface area contributed by atoms with E-state index in [4.69, 9.17) is 0 Å². The zero-order valence-electron chi connectivity index (χ0n) is 22.6. The van der Waals surface area contributed by atoms with E-state index in [1.807, 2.05) is 30.9 Å². The molecule has 2 heterocycles. The maximum absolute atomic E-state index is 4.39. The maximum atomic E-state index is 4.39. The molecule has 7 rings (SSSR count). The van der Waals surface area contributed by atoms with Crippen LogP contribution in [0.2, 0.25) is 0 Å². The SMILES string of the molecule is Cc1cncc(-c2ccc(-c3c4ccccc4c(-c4ccc(-c5cccnc5)c(C)c4)c4ccccc34)cc2)c1. The van der Waals surface area contributed by atoms with E-state index in [-0.39, 0.29) is 0 Å². The Morgan fingerprint density at radius 1 is 0.425 bits per heavy atom. The van der Waals surface area contributed by atoms with Gasteiger partial charge < -0.3 is 0 Å². The summed E-state index contributed by atoms with van der Waals surface area (Å²) >= 11 is 0. The number of rotatable bonds is 4. The van der Waals surface area contributed by atoms with Crippen molar-refractivity contribution < 1.29 is 0 Å². The number of hydrogen-bond acceptors (Lipinski definition) is 2. The van der Waals surface area contributed by atoms with Crippen LogP contribution in [0.3, 0.4) is 0 Å². The van der Waals surface area contributed by atoms with Gasteiger partial charge in [0.2, 0.25) is 0 Å². The Labute approximate surface area is 234 Å². The highest BCUT2D eigenvalue weighted by Crippen LogP contribution is 2.44. The number of fused-ring (bicyclic) bond motifs is 2. The molecular weight excluding hydrogens is 484 g/mol. The molecule has 0 radical (unpaired) electrons. The molecule has 0 aliphatic rings. The summed E-state index contributed by atoms with van der Waals surface area (Å²) in [5.41, 5.74) is 12.1. The first-order valence-corrected chi connectivity index (χ1v) is 13.6. The molecule has 0 unspecified atom stereocenters. The van der Waals surface area contributed by atoms with Crippen molar-refractivity contribution in [3.05, 3.63) is 145 Å². The monoisotopic (exact) mass is 512 g/mol. The molecule has 2 heteroatoms. The van der Waals surface area contributed by atoms with Gasteiger partial charge in [-0.15, -0.1) is 0 Å². The van der Waals surface area contributed by atoms with Crippen molar-refractivity contribution in [3.63, 3.8) is 0 Å². The molecule has 7 aromatic rings. The van der Waals surface area contributed by atoms with Gasteiger partial charge in [-0.3, -0.25) is 9.97 Å². The fourth-order valence-corrected chi connectivity index (χ4v) is 5.96. The summed E-state index contributed by atoms with van der Waals surface area (Å²) in [6.45, 7) is 4.27. The smallest absolute Gasteiger partial charge is 0.0346 e. The summed E-state index contributed by atoms with van der Waals surface area (Å²) in [6, 6.07) is 39.7. The Kier molecular flexibility index (Phi) is 5.94. The Morgan fingerprint density at radius 3 is 1.57 bits per heavy atom. The third-order valence-electron chi connectivity index (χ3n) is 7.80. The van der Waals surface area contributed by atoms with Gasteiger partial charge >= 0.3 is 0 Å². The predicted molar refractivity (Wildman–Crippen MR) is 168 cm³/mol. The summed E-state index contributed by atoms with van der Waals surface area (Å²) in [7, 11) is 0. The third kappa shape index (κ3) is 4.15. The molecule has 0 amide bonds. The molecule has 40 heavy (non-hydrogen) atoms. The van der Waals surface area contributed by atoms with Gasteiger partial charge in [-0.2, -0.15) is 0 Å². The summed E-state index contributed by atoms with van der Waals surface area (Å²) in [4.78, 5) is 8.71. The number of hydrogen-bond donors (Lipinski definition) is 0. The van der Waals surface area contributed by atoms with E-state index < -0.39 is 0 Å². The second-order valence-corrected chi connectivity index (χ2v) is 10.4. The van der Waals surface area contributed by atoms with E-state index in [1.165, 1.54) is 60.5 Å². The van der Waals surface area contributed by atoms with E-state index >= 15 is 0 Å². The van der Waals surface area contributed by atoms with Gasteiger partial charge in [0.15, 0.2) is 0 Å². The van der Waals surface area contributed by atoms with Crippen molar-refractivity contribution in [2.45, 2.75) is 13.8 Å². The molecule has 0 aliphatic heterocycles. The van der Waals surface area contributed by atoms with Crippen LogP contribution >= 0.6 is 0 Å². The normalized spacial score (nSPS) is 11.2. The highest BCUT2D eigenvalue weighted by molar-refractivity contribution is 6.21. The minimum Gasteiger partial charge on any atom is -0.264 e. The molecule has 0 N–H and O–H groups in total. The first-order chi connectivity index (χ1) is 19.7. The van der Waals surface area contributed by atoms with E-state index in [1.54, 1.807) is 0 Å². The molecular formula is C38H28N2. The standard InChI is InChI=1S/C38H28N2/c1-25-20-31(24-40-22-25)27-13-15-28(16-14-27)37-33-9-3-5-11-35(33)38(36-12-6-4-10-34(36)37)29-17-18-32(26(2)21-29)30-8-7-19-39-23-30/h3-24H,1-2H3. The largest absolute Gasteiger partial charge is 0.264 e. The molecule has 0 spiro atoms. The van der Waals surface area contributed by atoms with E-state index in [9.17, 15) is 0 Å². The second kappa shape index (κ2) is 9.91. The van der Waals surface area contributed by atoms with E-state index in [0.29, 0.717) is 0 Å². The van der Waals surface area contributed by atoms with E-state index in [2.05, 4.69) is 127 Å². The number of benzene rings is 5. The molecule has 2 aromatic heterocycles. The summed E-state index contributed by atoms with van der Waals surface area (Å²) in [5.74, 6) is 0. The number of aromatic nitrogens is 2. The van der Waals surface area contributed by atoms with Gasteiger partial charge in [0.25, 0.3) is 0 Å². The molecule has 0 aliphatic carbocycles. The molecule has 0 fully saturated rings. The summed E-state index contributed by atoms with van der Waals surface area (Å²) in [5, 5.41) is 5.04. The Balaban J connectivity index is 1.43. The summed E-state index contributed by atoms with van der Waals surface area (Å²) < 4.78 is 0. The van der Waals surface area contributed by atoms with Gasteiger partial charge in [0.1, 0.15) is 0 Å². The van der Waals surface area contributed by atoms with Gasteiger partial charge in [-0.1, -0.05) is 97.1 Å². The van der Waals surface area contributed by atoms with Gasteiger partial charge in [0.05, 0.1) is 0 Å². The number of pyridine rings is 2. The first-order valence-electron chi connectivity index (χ1n) is 13.6. The van der Waals surface area contributed by atoms with Crippen LogP contribution in [0.1, 0.15) is 11.1 Å². The lowest BCUT2D eigenvalue weighted by Crippen LogP contribution is -1.92. The Bertz CT molecular complexity index is 1950. The van der Waals surface area contributed by atoms with Crippen LogP contribution in [0.15, 0.2) is 134 Å². The second-order valence-electron chi connectivity index (χ2n) is 10.4. The van der Waals surface area contributed by atoms with Crippen LogP contribution < -0.4 is 0 Å². The van der Waals surface area contributed by atoms with Crippen molar-refractivity contribution in [1.29, 1.82) is 0 Å². The number of aryl methyl sites for hydroxylation is 2. The molecule has 5 aromatic carbocycles. The maximum Gasteiger partial charge on any atom is 0.0346 e. The molecule has 0 atom stereocenters. The zero-order valence-corrected chi connectivity index (χ0v) is 22.6. The van der Waals surface area contributed by atoms with Crippen LogP contribution in [0, 0.1) is 13.8 Å². The Morgan fingerprint density at radius 2 is 1.00 bits per heavy atom. The first kappa shape index (κ1) is 24.0. The van der Waals surface area contributed by atoms with Crippen LogP contribution in [-0.4, -0.2) is 9.97 Å². The molecule has 2 nitrogen and oxygen atoms in total. The molecule has 0 saturated carbocycles. The molecule has 190 valence electrons. The predicted octanol–water partition coefficient (Wildman–Crippen LogP) is 10.1. The minimum atomic E-state index is 1.14. The third-order valence-corrected chi connectivity index (χ3v) is 7.80.